The summed E-state index contributed by atoms with van der Waals surface area (Å²) in [6.07, 6.45) is 7.55. The van der Waals surface area contributed by atoms with Gasteiger partial charge in [-0.1, -0.05) is 44.9 Å². The molecule has 150 valence electrons. The number of benzene rings is 1. The quantitative estimate of drug-likeness (QED) is 0.290. The fourth-order valence-corrected chi connectivity index (χ4v) is 2.57. The monoisotopic (exact) mass is 375 g/mol. The topological polar surface area (TPSA) is 55.8 Å². The molecule has 0 radical (unpaired) electrons. The lowest BCUT2D eigenvalue weighted by Gasteiger charge is -2.21. The van der Waals surface area contributed by atoms with Gasteiger partial charge < -0.3 is 14.4 Å². The lowest BCUT2D eigenvalue weighted by Crippen LogP contribution is -2.33. The van der Waals surface area contributed by atoms with E-state index in [1.807, 2.05) is 24.3 Å². The van der Waals surface area contributed by atoms with Gasteiger partial charge in [-0.05, 0) is 31.9 Å². The van der Waals surface area contributed by atoms with Gasteiger partial charge in [-0.3, -0.25) is 9.59 Å². The molecule has 5 nitrogen and oxygen atoms in total. The number of nitrogens with zero attached hydrogens (tertiary/aromatic N) is 1. The summed E-state index contributed by atoms with van der Waals surface area (Å²) in [6.45, 7) is 7.98. The van der Waals surface area contributed by atoms with Gasteiger partial charge in [0, 0.05) is 24.7 Å². The standard InChI is InChI=1S/C22H33NO4/c1-4-7-10-16-23(17-15-22(25)26-6-3)21(24)14-13-19-11-8-9-12-20(19)27-18-5-2/h8-9,11-14H,4-7,10,15-18H2,1-3H3/b14-13+. The Labute approximate surface area is 163 Å². The minimum Gasteiger partial charge on any atom is -0.493 e. The Bertz CT molecular complexity index is 598. The average molecular weight is 376 g/mol. The van der Waals surface area contributed by atoms with Crippen molar-refractivity contribution in [2.24, 2.45) is 0 Å². The van der Waals surface area contributed by atoms with Crippen molar-refractivity contribution in [1.82, 2.24) is 4.90 Å². The van der Waals surface area contributed by atoms with Crippen molar-refractivity contribution in [3.8, 4) is 5.75 Å². The normalized spacial score (nSPS) is 10.8. The number of esters is 1. The maximum Gasteiger partial charge on any atom is 0.307 e. The van der Waals surface area contributed by atoms with Crippen molar-refractivity contribution in [1.29, 1.82) is 0 Å². The molecule has 0 aliphatic heterocycles. The van der Waals surface area contributed by atoms with Gasteiger partial charge in [-0.15, -0.1) is 0 Å². The van der Waals surface area contributed by atoms with Crippen LogP contribution < -0.4 is 4.74 Å². The third-order valence-electron chi connectivity index (χ3n) is 4.02. The van der Waals surface area contributed by atoms with Crippen LogP contribution >= 0.6 is 0 Å². The molecule has 0 fully saturated rings. The molecule has 1 amide bonds. The van der Waals surface area contributed by atoms with Crippen molar-refractivity contribution in [2.45, 2.75) is 52.9 Å². The van der Waals surface area contributed by atoms with Crippen molar-refractivity contribution in [3.63, 3.8) is 0 Å². The number of rotatable bonds is 13. The van der Waals surface area contributed by atoms with Gasteiger partial charge >= 0.3 is 5.97 Å². The fourth-order valence-electron chi connectivity index (χ4n) is 2.57. The van der Waals surface area contributed by atoms with E-state index in [1.54, 1.807) is 24.0 Å². The maximum atomic E-state index is 12.7. The summed E-state index contributed by atoms with van der Waals surface area (Å²) in [5.74, 6) is 0.404. The molecule has 0 N–H and O–H groups in total. The maximum absolute atomic E-state index is 12.7. The molecule has 0 bridgehead atoms. The number of ether oxygens (including phenoxy) is 2. The first-order chi connectivity index (χ1) is 13.1. The van der Waals surface area contributed by atoms with E-state index in [9.17, 15) is 9.59 Å². The van der Waals surface area contributed by atoms with Crippen LogP contribution in [0, 0.1) is 0 Å². The molecule has 1 aromatic rings. The number of hydrogen-bond acceptors (Lipinski definition) is 4. The summed E-state index contributed by atoms with van der Waals surface area (Å²) >= 11 is 0. The minimum absolute atomic E-state index is 0.0966. The Balaban J connectivity index is 2.76. The highest BCUT2D eigenvalue weighted by Gasteiger charge is 2.13. The van der Waals surface area contributed by atoms with Crippen molar-refractivity contribution in [3.05, 3.63) is 35.9 Å². The smallest absolute Gasteiger partial charge is 0.307 e. The third-order valence-corrected chi connectivity index (χ3v) is 4.02. The van der Waals surface area contributed by atoms with Gasteiger partial charge in [0.1, 0.15) is 5.75 Å². The molecule has 0 spiro atoms. The Morgan fingerprint density at radius 1 is 1.04 bits per heavy atom. The van der Waals surface area contributed by atoms with Gasteiger partial charge in [0.25, 0.3) is 0 Å². The zero-order chi connectivity index (χ0) is 19.9. The lowest BCUT2D eigenvalue weighted by atomic mass is 10.1. The predicted octanol–water partition coefficient (Wildman–Crippen LogP) is 4.46. The highest BCUT2D eigenvalue weighted by atomic mass is 16.5. The van der Waals surface area contributed by atoms with E-state index in [0.29, 0.717) is 26.3 Å². The van der Waals surface area contributed by atoms with E-state index < -0.39 is 0 Å². The van der Waals surface area contributed by atoms with E-state index in [0.717, 1.165) is 37.0 Å². The molecule has 0 saturated carbocycles. The van der Waals surface area contributed by atoms with Crippen LogP contribution in [0.3, 0.4) is 0 Å². The van der Waals surface area contributed by atoms with E-state index in [2.05, 4.69) is 13.8 Å². The predicted molar refractivity (Wildman–Crippen MR) is 109 cm³/mol. The molecule has 1 aromatic carbocycles. The Kier molecular flexibility index (Phi) is 11.7. The van der Waals surface area contributed by atoms with Crippen LogP contribution in [0.2, 0.25) is 0 Å². The summed E-state index contributed by atoms with van der Waals surface area (Å²) < 4.78 is 10.7. The van der Waals surface area contributed by atoms with E-state index in [-0.39, 0.29) is 18.3 Å². The van der Waals surface area contributed by atoms with Gasteiger partial charge in [0.2, 0.25) is 5.91 Å². The highest BCUT2D eigenvalue weighted by Crippen LogP contribution is 2.19. The molecular weight excluding hydrogens is 342 g/mol. The molecule has 1 rings (SSSR count). The van der Waals surface area contributed by atoms with Crippen LogP contribution in [0.4, 0.5) is 0 Å². The second kappa shape index (κ2) is 13.8. The Morgan fingerprint density at radius 3 is 2.52 bits per heavy atom. The Hall–Kier alpha value is -2.30. The molecule has 0 heterocycles. The summed E-state index contributed by atoms with van der Waals surface area (Å²) in [7, 11) is 0. The summed E-state index contributed by atoms with van der Waals surface area (Å²) in [4.78, 5) is 26.0. The molecule has 5 heteroatoms. The second-order valence-electron chi connectivity index (χ2n) is 6.31. The van der Waals surface area contributed by atoms with Gasteiger partial charge in [-0.25, -0.2) is 0 Å². The molecule has 0 unspecified atom stereocenters. The molecule has 0 saturated heterocycles. The van der Waals surface area contributed by atoms with Crippen LogP contribution in [0.1, 0.15) is 58.4 Å². The summed E-state index contributed by atoms with van der Waals surface area (Å²) in [6, 6.07) is 7.66. The summed E-state index contributed by atoms with van der Waals surface area (Å²) in [5, 5.41) is 0. The lowest BCUT2D eigenvalue weighted by molar-refractivity contribution is -0.143. The first kappa shape index (κ1) is 22.7. The Morgan fingerprint density at radius 2 is 1.81 bits per heavy atom. The zero-order valence-electron chi connectivity index (χ0n) is 16.9. The SMILES string of the molecule is CCCCCN(CCC(=O)OCC)C(=O)/C=C/c1ccccc1OCCC. The van der Waals surface area contributed by atoms with E-state index in [1.165, 1.54) is 0 Å². The van der Waals surface area contributed by atoms with Crippen molar-refractivity contribution >= 4 is 18.0 Å². The number of hydrogen-bond donors (Lipinski definition) is 0. The largest absolute Gasteiger partial charge is 0.493 e. The highest BCUT2D eigenvalue weighted by molar-refractivity contribution is 5.92. The van der Waals surface area contributed by atoms with Crippen molar-refractivity contribution in [2.75, 3.05) is 26.3 Å². The van der Waals surface area contributed by atoms with E-state index >= 15 is 0 Å². The molecule has 0 aromatic heterocycles. The number of unbranched alkanes of at least 4 members (excludes halogenated alkanes) is 2. The van der Waals surface area contributed by atoms with E-state index in [4.69, 9.17) is 9.47 Å². The second-order valence-corrected chi connectivity index (χ2v) is 6.31. The van der Waals surface area contributed by atoms with Gasteiger partial charge in [-0.2, -0.15) is 0 Å². The minimum atomic E-state index is -0.270. The zero-order valence-corrected chi connectivity index (χ0v) is 16.9. The number of para-hydroxylation sites is 1. The number of carbonyl (C=O) groups excluding carboxylic acids is 2. The molecular formula is C22H33NO4. The van der Waals surface area contributed by atoms with Crippen LogP contribution in [-0.2, 0) is 14.3 Å². The number of amides is 1. The van der Waals surface area contributed by atoms with Crippen molar-refractivity contribution < 1.29 is 19.1 Å². The molecule has 27 heavy (non-hydrogen) atoms. The van der Waals surface area contributed by atoms with Crippen LogP contribution in [-0.4, -0.2) is 43.1 Å². The van der Waals surface area contributed by atoms with Crippen LogP contribution in [0.5, 0.6) is 5.75 Å². The molecule has 0 aliphatic rings. The van der Waals surface area contributed by atoms with Crippen LogP contribution in [0.15, 0.2) is 30.3 Å². The van der Waals surface area contributed by atoms with Gasteiger partial charge in [0.15, 0.2) is 0 Å². The van der Waals surface area contributed by atoms with Gasteiger partial charge in [0.05, 0.1) is 19.6 Å². The fraction of sp³-hybridized carbons (Fsp3) is 0.545. The first-order valence-electron chi connectivity index (χ1n) is 9.96. The third kappa shape index (κ3) is 9.27. The first-order valence-corrected chi connectivity index (χ1v) is 9.96. The summed E-state index contributed by atoms with van der Waals surface area (Å²) in [5.41, 5.74) is 0.873. The molecule has 0 atom stereocenters. The van der Waals surface area contributed by atoms with Crippen LogP contribution in [0.25, 0.3) is 6.08 Å². The molecule has 0 aliphatic carbocycles. The average Bonchev–Trinajstić information content (AvgIpc) is 2.68. The number of carbonyl (C=O) groups is 2.